The molecule has 0 aliphatic carbocycles. The molecule has 1 amide bonds. The van der Waals surface area contributed by atoms with Crippen molar-refractivity contribution in [3.8, 4) is 0 Å². The molecule has 0 aromatic heterocycles. The van der Waals surface area contributed by atoms with E-state index in [2.05, 4.69) is 10.6 Å². The van der Waals surface area contributed by atoms with Crippen molar-refractivity contribution < 1.29 is 4.79 Å². The Kier molecular flexibility index (Phi) is 6.06. The van der Waals surface area contributed by atoms with Crippen molar-refractivity contribution >= 4 is 46.4 Å². The molecule has 6 heteroatoms. The van der Waals surface area contributed by atoms with E-state index in [4.69, 9.17) is 34.8 Å². The Morgan fingerprint density at radius 1 is 1.17 bits per heavy atom. The maximum absolute atomic E-state index is 11.4. The molecule has 0 bridgehead atoms. The molecule has 2 N–H and O–H groups in total. The second-order valence-electron chi connectivity index (χ2n) is 4.15. The molecule has 0 unspecified atom stereocenters. The number of rotatable bonds is 5. The van der Waals surface area contributed by atoms with Gasteiger partial charge in [0.1, 0.15) is 0 Å². The molecular formula is C12H15Cl3N2O. The number of hydrogen-bond acceptors (Lipinski definition) is 2. The van der Waals surface area contributed by atoms with Gasteiger partial charge in [0.2, 0.25) is 5.91 Å². The highest BCUT2D eigenvalue weighted by molar-refractivity contribution is 6.44. The zero-order chi connectivity index (χ0) is 13.7. The van der Waals surface area contributed by atoms with Crippen LogP contribution in [-0.4, -0.2) is 18.5 Å². The fourth-order valence-electron chi connectivity index (χ4n) is 1.36. The smallest absolute Gasteiger partial charge is 0.221 e. The van der Waals surface area contributed by atoms with Crippen molar-refractivity contribution in [1.82, 2.24) is 5.32 Å². The third-order valence-electron chi connectivity index (χ3n) is 2.13. The standard InChI is InChI=1S/C12H15Cl3N2O/c1-7(2)17-12(18)3-4-16-11-6-9(14)8(13)5-10(11)15/h5-7,16H,3-4H2,1-2H3,(H,17,18). The fourth-order valence-corrected chi connectivity index (χ4v) is 1.98. The Balaban J connectivity index is 2.49. The van der Waals surface area contributed by atoms with Crippen LogP contribution in [0.3, 0.4) is 0 Å². The van der Waals surface area contributed by atoms with Crippen LogP contribution in [0.15, 0.2) is 12.1 Å². The van der Waals surface area contributed by atoms with Gasteiger partial charge in [0.05, 0.1) is 20.8 Å². The van der Waals surface area contributed by atoms with Crippen LogP contribution in [0.5, 0.6) is 0 Å². The largest absolute Gasteiger partial charge is 0.383 e. The van der Waals surface area contributed by atoms with Gasteiger partial charge in [0.25, 0.3) is 0 Å². The van der Waals surface area contributed by atoms with E-state index in [1.54, 1.807) is 12.1 Å². The summed E-state index contributed by atoms with van der Waals surface area (Å²) in [4.78, 5) is 11.4. The van der Waals surface area contributed by atoms with E-state index in [9.17, 15) is 4.79 Å². The Morgan fingerprint density at radius 3 is 2.39 bits per heavy atom. The van der Waals surface area contributed by atoms with Crippen molar-refractivity contribution in [2.75, 3.05) is 11.9 Å². The highest BCUT2D eigenvalue weighted by atomic mass is 35.5. The molecule has 0 aliphatic heterocycles. The van der Waals surface area contributed by atoms with Gasteiger partial charge in [-0.25, -0.2) is 0 Å². The number of halogens is 3. The minimum atomic E-state index is -0.00585. The molecule has 0 aliphatic rings. The van der Waals surface area contributed by atoms with Gasteiger partial charge in [-0.1, -0.05) is 34.8 Å². The molecule has 0 saturated heterocycles. The summed E-state index contributed by atoms with van der Waals surface area (Å²) in [5, 5.41) is 7.17. The van der Waals surface area contributed by atoms with Crippen molar-refractivity contribution in [3.63, 3.8) is 0 Å². The molecule has 1 aromatic rings. The van der Waals surface area contributed by atoms with Crippen LogP contribution in [0.2, 0.25) is 15.1 Å². The quantitative estimate of drug-likeness (QED) is 0.808. The second-order valence-corrected chi connectivity index (χ2v) is 5.37. The van der Waals surface area contributed by atoms with Crippen LogP contribution >= 0.6 is 34.8 Å². The molecule has 0 atom stereocenters. The van der Waals surface area contributed by atoms with E-state index in [0.29, 0.717) is 33.7 Å². The summed E-state index contributed by atoms with van der Waals surface area (Å²) >= 11 is 17.7. The molecule has 0 spiro atoms. The first-order valence-corrected chi connectivity index (χ1v) is 6.71. The monoisotopic (exact) mass is 308 g/mol. The number of hydrogen-bond donors (Lipinski definition) is 2. The number of benzene rings is 1. The molecule has 1 rings (SSSR count). The topological polar surface area (TPSA) is 41.1 Å². The molecule has 0 fully saturated rings. The highest BCUT2D eigenvalue weighted by Crippen LogP contribution is 2.32. The van der Waals surface area contributed by atoms with E-state index in [1.165, 1.54) is 0 Å². The van der Waals surface area contributed by atoms with E-state index < -0.39 is 0 Å². The SMILES string of the molecule is CC(C)NC(=O)CCNc1cc(Cl)c(Cl)cc1Cl. The molecule has 100 valence electrons. The first-order chi connectivity index (χ1) is 8.40. The zero-order valence-electron chi connectivity index (χ0n) is 10.2. The number of anilines is 1. The molecular weight excluding hydrogens is 295 g/mol. The van der Waals surface area contributed by atoms with Crippen molar-refractivity contribution in [2.24, 2.45) is 0 Å². The average molecular weight is 310 g/mol. The predicted octanol–water partition coefficient (Wildman–Crippen LogP) is 3.97. The number of nitrogens with one attached hydrogen (secondary N) is 2. The van der Waals surface area contributed by atoms with Crippen LogP contribution in [0.4, 0.5) is 5.69 Å². The lowest BCUT2D eigenvalue weighted by molar-refractivity contribution is -0.121. The Hall–Kier alpha value is -0.640. The van der Waals surface area contributed by atoms with Gasteiger partial charge >= 0.3 is 0 Å². The van der Waals surface area contributed by atoms with Crippen molar-refractivity contribution in [3.05, 3.63) is 27.2 Å². The summed E-state index contributed by atoms with van der Waals surface area (Å²) in [6.07, 6.45) is 0.370. The minimum absolute atomic E-state index is 0.00585. The summed E-state index contributed by atoms with van der Waals surface area (Å²) < 4.78 is 0. The zero-order valence-corrected chi connectivity index (χ0v) is 12.5. The molecule has 0 heterocycles. The maximum atomic E-state index is 11.4. The molecule has 1 aromatic carbocycles. The van der Waals surface area contributed by atoms with E-state index in [1.807, 2.05) is 13.8 Å². The second kappa shape index (κ2) is 7.07. The Bertz CT molecular complexity index is 436. The Labute approximate surface area is 122 Å². The highest BCUT2D eigenvalue weighted by Gasteiger charge is 2.07. The third kappa shape index (κ3) is 4.92. The van der Waals surface area contributed by atoms with Crippen molar-refractivity contribution in [2.45, 2.75) is 26.3 Å². The van der Waals surface area contributed by atoms with E-state index >= 15 is 0 Å². The lowest BCUT2D eigenvalue weighted by Gasteiger charge is -2.11. The van der Waals surface area contributed by atoms with Gasteiger partial charge in [-0.05, 0) is 26.0 Å². The summed E-state index contributed by atoms with van der Waals surface area (Å²) in [6, 6.07) is 3.36. The van der Waals surface area contributed by atoms with Crippen LogP contribution < -0.4 is 10.6 Å². The fraction of sp³-hybridized carbons (Fsp3) is 0.417. The molecule has 18 heavy (non-hydrogen) atoms. The van der Waals surface area contributed by atoms with Gasteiger partial charge in [0.15, 0.2) is 0 Å². The predicted molar refractivity (Wildman–Crippen MR) is 77.9 cm³/mol. The molecule has 3 nitrogen and oxygen atoms in total. The minimum Gasteiger partial charge on any atom is -0.383 e. The lowest BCUT2D eigenvalue weighted by Crippen LogP contribution is -2.31. The van der Waals surface area contributed by atoms with E-state index in [0.717, 1.165) is 0 Å². The summed E-state index contributed by atoms with van der Waals surface area (Å²) in [5.41, 5.74) is 0.670. The lowest BCUT2D eigenvalue weighted by atomic mass is 10.3. The van der Waals surface area contributed by atoms with Crippen LogP contribution in [0.25, 0.3) is 0 Å². The average Bonchev–Trinajstić information content (AvgIpc) is 2.24. The number of amides is 1. The summed E-state index contributed by atoms with van der Waals surface area (Å²) in [6.45, 7) is 4.32. The number of carbonyl (C=O) groups excluding carboxylic acids is 1. The maximum Gasteiger partial charge on any atom is 0.221 e. The number of carbonyl (C=O) groups is 1. The van der Waals surface area contributed by atoms with Gasteiger partial charge < -0.3 is 10.6 Å². The summed E-state index contributed by atoms with van der Waals surface area (Å²) in [7, 11) is 0. The first-order valence-electron chi connectivity index (χ1n) is 5.58. The molecule has 0 radical (unpaired) electrons. The van der Waals surface area contributed by atoms with E-state index in [-0.39, 0.29) is 11.9 Å². The van der Waals surface area contributed by atoms with Crippen LogP contribution in [-0.2, 0) is 4.79 Å². The third-order valence-corrected chi connectivity index (χ3v) is 3.16. The van der Waals surface area contributed by atoms with Gasteiger partial charge in [-0.2, -0.15) is 0 Å². The normalized spacial score (nSPS) is 10.6. The van der Waals surface area contributed by atoms with Crippen LogP contribution in [0.1, 0.15) is 20.3 Å². The van der Waals surface area contributed by atoms with Crippen molar-refractivity contribution in [1.29, 1.82) is 0 Å². The Morgan fingerprint density at radius 2 is 1.78 bits per heavy atom. The van der Waals surface area contributed by atoms with Crippen LogP contribution in [0, 0.1) is 0 Å². The van der Waals surface area contributed by atoms with Gasteiger partial charge in [-0.15, -0.1) is 0 Å². The summed E-state index contributed by atoms with van der Waals surface area (Å²) in [5.74, 6) is -0.00585. The van der Waals surface area contributed by atoms with Gasteiger partial charge in [0, 0.05) is 19.0 Å². The van der Waals surface area contributed by atoms with Gasteiger partial charge in [-0.3, -0.25) is 4.79 Å². The molecule has 0 saturated carbocycles. The first kappa shape index (κ1) is 15.4.